The van der Waals surface area contributed by atoms with Crippen molar-refractivity contribution in [1.82, 2.24) is 5.32 Å². The van der Waals surface area contributed by atoms with Gasteiger partial charge in [-0.2, -0.15) is 0 Å². The molecule has 0 radical (unpaired) electrons. The third kappa shape index (κ3) is 4.52. The van der Waals surface area contributed by atoms with Crippen LogP contribution in [0.3, 0.4) is 0 Å². The molecule has 0 aliphatic heterocycles. The Morgan fingerprint density at radius 3 is 2.20 bits per heavy atom. The lowest BCUT2D eigenvalue weighted by Crippen LogP contribution is -2.23. The third-order valence-corrected chi connectivity index (χ3v) is 3.25. The van der Waals surface area contributed by atoms with E-state index in [1.165, 1.54) is 5.56 Å². The molecule has 1 unspecified atom stereocenters. The molecule has 2 aromatic carbocycles. The Balaban J connectivity index is 1.93. The molecule has 1 atom stereocenters. The molecule has 0 fully saturated rings. The van der Waals surface area contributed by atoms with Crippen molar-refractivity contribution in [2.75, 3.05) is 6.54 Å². The zero-order chi connectivity index (χ0) is 14.2. The molecule has 0 aromatic heterocycles. The minimum absolute atomic E-state index is 0.00240. The SMILES string of the molecule is O=C(O)CC(CNCc1ccccc1)c1ccccc1. The van der Waals surface area contributed by atoms with Gasteiger partial charge >= 0.3 is 5.97 Å². The summed E-state index contributed by atoms with van der Waals surface area (Å²) in [7, 11) is 0. The van der Waals surface area contributed by atoms with E-state index in [1.54, 1.807) is 0 Å². The first-order valence-electron chi connectivity index (χ1n) is 6.77. The number of carboxylic acid groups (broad SMARTS) is 1. The highest BCUT2D eigenvalue weighted by Gasteiger charge is 2.14. The summed E-state index contributed by atoms with van der Waals surface area (Å²) >= 11 is 0. The zero-order valence-corrected chi connectivity index (χ0v) is 11.3. The van der Waals surface area contributed by atoms with Crippen LogP contribution in [0.1, 0.15) is 23.5 Å². The summed E-state index contributed by atoms with van der Waals surface area (Å²) in [5.41, 5.74) is 2.27. The van der Waals surface area contributed by atoms with Gasteiger partial charge in [0, 0.05) is 19.0 Å². The summed E-state index contributed by atoms with van der Waals surface area (Å²) in [4.78, 5) is 11.0. The van der Waals surface area contributed by atoms with Crippen LogP contribution in [-0.4, -0.2) is 17.6 Å². The first-order valence-corrected chi connectivity index (χ1v) is 6.77. The fourth-order valence-corrected chi connectivity index (χ4v) is 2.23. The molecule has 0 aliphatic carbocycles. The number of benzene rings is 2. The van der Waals surface area contributed by atoms with Crippen LogP contribution in [0, 0.1) is 0 Å². The Hall–Kier alpha value is -2.13. The van der Waals surface area contributed by atoms with Gasteiger partial charge in [0.2, 0.25) is 0 Å². The van der Waals surface area contributed by atoms with Crippen LogP contribution in [0.25, 0.3) is 0 Å². The Labute approximate surface area is 119 Å². The number of rotatable bonds is 7. The van der Waals surface area contributed by atoms with Gasteiger partial charge in [0.15, 0.2) is 0 Å². The largest absolute Gasteiger partial charge is 0.481 e. The number of carboxylic acids is 1. The van der Waals surface area contributed by atoms with E-state index in [0.29, 0.717) is 6.54 Å². The lowest BCUT2D eigenvalue weighted by atomic mass is 9.95. The van der Waals surface area contributed by atoms with Crippen LogP contribution in [-0.2, 0) is 11.3 Å². The molecule has 0 saturated heterocycles. The zero-order valence-electron chi connectivity index (χ0n) is 11.3. The molecule has 3 nitrogen and oxygen atoms in total. The van der Waals surface area contributed by atoms with Gasteiger partial charge in [0.1, 0.15) is 0 Å². The highest BCUT2D eigenvalue weighted by Crippen LogP contribution is 2.18. The van der Waals surface area contributed by atoms with Crippen LogP contribution < -0.4 is 5.32 Å². The molecule has 104 valence electrons. The molecule has 2 N–H and O–H groups in total. The van der Waals surface area contributed by atoms with E-state index in [9.17, 15) is 4.79 Å². The first-order chi connectivity index (χ1) is 9.75. The standard InChI is InChI=1S/C17H19NO2/c19-17(20)11-16(15-9-5-2-6-10-15)13-18-12-14-7-3-1-4-8-14/h1-10,16,18H,11-13H2,(H,19,20). The maximum Gasteiger partial charge on any atom is 0.304 e. The van der Waals surface area contributed by atoms with E-state index in [4.69, 9.17) is 5.11 Å². The van der Waals surface area contributed by atoms with Gasteiger partial charge in [0.05, 0.1) is 6.42 Å². The Kier molecular flexibility index (Phi) is 5.33. The van der Waals surface area contributed by atoms with Gasteiger partial charge in [-0.3, -0.25) is 4.79 Å². The van der Waals surface area contributed by atoms with Gasteiger partial charge < -0.3 is 10.4 Å². The molecule has 0 aliphatic rings. The van der Waals surface area contributed by atoms with E-state index in [2.05, 4.69) is 17.4 Å². The molecule has 0 spiro atoms. The van der Waals surface area contributed by atoms with Crippen LogP contribution in [0.5, 0.6) is 0 Å². The Bertz CT molecular complexity index is 525. The van der Waals surface area contributed by atoms with E-state index >= 15 is 0 Å². The molecule has 2 rings (SSSR count). The van der Waals surface area contributed by atoms with Crippen LogP contribution in [0.15, 0.2) is 60.7 Å². The van der Waals surface area contributed by atoms with Crippen LogP contribution in [0.2, 0.25) is 0 Å². The fraction of sp³-hybridized carbons (Fsp3) is 0.235. The minimum Gasteiger partial charge on any atom is -0.481 e. The minimum atomic E-state index is -0.764. The van der Waals surface area contributed by atoms with Crippen LogP contribution >= 0.6 is 0 Å². The van der Waals surface area contributed by atoms with E-state index in [-0.39, 0.29) is 12.3 Å². The molecule has 0 saturated carbocycles. The predicted octanol–water partition coefficient (Wildman–Crippen LogP) is 3.03. The molecule has 0 heterocycles. The summed E-state index contributed by atoms with van der Waals surface area (Å²) in [6.07, 6.45) is 0.145. The van der Waals surface area contributed by atoms with E-state index in [1.807, 2.05) is 48.5 Å². The van der Waals surface area contributed by atoms with Crippen LogP contribution in [0.4, 0.5) is 0 Å². The predicted molar refractivity (Wildman–Crippen MR) is 79.6 cm³/mol. The number of hydrogen-bond acceptors (Lipinski definition) is 2. The molecular formula is C17H19NO2. The molecule has 3 heteroatoms. The van der Waals surface area contributed by atoms with Gasteiger partial charge in [-0.1, -0.05) is 60.7 Å². The lowest BCUT2D eigenvalue weighted by Gasteiger charge is -2.16. The quantitative estimate of drug-likeness (QED) is 0.812. The van der Waals surface area contributed by atoms with Crippen molar-refractivity contribution in [2.45, 2.75) is 18.9 Å². The van der Waals surface area contributed by atoms with Gasteiger partial charge in [-0.25, -0.2) is 0 Å². The second-order valence-corrected chi connectivity index (χ2v) is 4.82. The molecule has 0 bridgehead atoms. The molecule has 0 amide bonds. The number of aliphatic carboxylic acids is 1. The summed E-state index contributed by atoms with van der Waals surface area (Å²) in [6, 6.07) is 19.9. The monoisotopic (exact) mass is 269 g/mol. The van der Waals surface area contributed by atoms with Crippen molar-refractivity contribution in [3.05, 3.63) is 71.8 Å². The number of nitrogens with one attached hydrogen (secondary N) is 1. The average molecular weight is 269 g/mol. The Morgan fingerprint density at radius 2 is 1.60 bits per heavy atom. The second-order valence-electron chi connectivity index (χ2n) is 4.82. The smallest absolute Gasteiger partial charge is 0.304 e. The summed E-state index contributed by atoms with van der Waals surface area (Å²) < 4.78 is 0. The molecular weight excluding hydrogens is 250 g/mol. The van der Waals surface area contributed by atoms with Crippen molar-refractivity contribution < 1.29 is 9.90 Å². The average Bonchev–Trinajstić information content (AvgIpc) is 2.48. The van der Waals surface area contributed by atoms with Crippen molar-refractivity contribution >= 4 is 5.97 Å². The summed E-state index contributed by atoms with van der Waals surface area (Å²) in [6.45, 7) is 1.41. The lowest BCUT2D eigenvalue weighted by molar-refractivity contribution is -0.137. The maximum atomic E-state index is 11.0. The second kappa shape index (κ2) is 7.46. The summed E-state index contributed by atoms with van der Waals surface area (Å²) in [5, 5.41) is 12.4. The van der Waals surface area contributed by atoms with Gasteiger partial charge in [-0.15, -0.1) is 0 Å². The Morgan fingerprint density at radius 1 is 1.00 bits per heavy atom. The fourth-order valence-electron chi connectivity index (χ4n) is 2.23. The molecule has 20 heavy (non-hydrogen) atoms. The number of carbonyl (C=O) groups is 1. The normalized spacial score (nSPS) is 12.0. The molecule has 2 aromatic rings. The first kappa shape index (κ1) is 14.3. The van der Waals surface area contributed by atoms with E-state index in [0.717, 1.165) is 12.1 Å². The third-order valence-electron chi connectivity index (χ3n) is 3.25. The van der Waals surface area contributed by atoms with E-state index < -0.39 is 5.97 Å². The van der Waals surface area contributed by atoms with Crippen molar-refractivity contribution in [3.63, 3.8) is 0 Å². The van der Waals surface area contributed by atoms with Crippen molar-refractivity contribution in [1.29, 1.82) is 0 Å². The maximum absolute atomic E-state index is 11.0. The topological polar surface area (TPSA) is 49.3 Å². The van der Waals surface area contributed by atoms with Crippen molar-refractivity contribution in [2.24, 2.45) is 0 Å². The van der Waals surface area contributed by atoms with Gasteiger partial charge in [-0.05, 0) is 11.1 Å². The summed E-state index contributed by atoms with van der Waals surface area (Å²) in [5.74, 6) is -0.766. The van der Waals surface area contributed by atoms with Gasteiger partial charge in [0.25, 0.3) is 0 Å². The van der Waals surface area contributed by atoms with Crippen molar-refractivity contribution in [3.8, 4) is 0 Å². The highest BCUT2D eigenvalue weighted by atomic mass is 16.4. The number of hydrogen-bond donors (Lipinski definition) is 2. The highest BCUT2D eigenvalue weighted by molar-refractivity contribution is 5.68.